The van der Waals surface area contributed by atoms with E-state index >= 15 is 0 Å². The number of hydrogen-bond acceptors (Lipinski definition) is 12. The van der Waals surface area contributed by atoms with Crippen LogP contribution in [0, 0.1) is 11.3 Å². The number of aliphatic imine (C=N–C) groups is 1. The Morgan fingerprint density at radius 3 is 2.23 bits per heavy atom. The molecule has 2 heterocycles. The molecule has 1 saturated carbocycles. The maximum Gasteiger partial charge on any atom is 0.246 e. The lowest BCUT2D eigenvalue weighted by Gasteiger charge is -2.40. The van der Waals surface area contributed by atoms with E-state index in [0.717, 1.165) is 67.7 Å². The van der Waals surface area contributed by atoms with Gasteiger partial charge in [0.2, 0.25) is 5.91 Å². The fourth-order valence-electron chi connectivity index (χ4n) is 9.14. The van der Waals surface area contributed by atoms with E-state index in [2.05, 4.69) is 169 Å². The molecule has 4 rings (SSSR count). The van der Waals surface area contributed by atoms with E-state index in [1.165, 1.54) is 73.6 Å². The van der Waals surface area contributed by atoms with Crippen LogP contribution >= 0.6 is 0 Å². The van der Waals surface area contributed by atoms with Crippen LogP contribution in [-0.4, -0.2) is 111 Å². The van der Waals surface area contributed by atoms with Gasteiger partial charge in [0.05, 0.1) is 42.1 Å². The van der Waals surface area contributed by atoms with Crippen molar-refractivity contribution in [2.75, 3.05) is 68.1 Å². The summed E-state index contributed by atoms with van der Waals surface area (Å²) in [6, 6.07) is 11.1. The number of rotatable bonds is 30. The third-order valence-electron chi connectivity index (χ3n) is 12.9. The largest absolute Gasteiger partial charge is 0.501 e. The normalized spacial score (nSPS) is 13.6. The quantitative estimate of drug-likeness (QED) is 0.00932. The number of hydrogen-bond donors (Lipinski definition) is 6. The van der Waals surface area contributed by atoms with Gasteiger partial charge in [-0.25, -0.2) is 0 Å². The van der Waals surface area contributed by atoms with Crippen LogP contribution in [0.15, 0.2) is 111 Å². The summed E-state index contributed by atoms with van der Waals surface area (Å²) in [4.78, 5) is 26.2. The smallest absolute Gasteiger partial charge is 0.246 e. The molecule has 9 N–H and O–H groups in total. The van der Waals surface area contributed by atoms with Gasteiger partial charge in [-0.1, -0.05) is 79.0 Å². The summed E-state index contributed by atoms with van der Waals surface area (Å²) in [5.41, 5.74) is 30.8. The van der Waals surface area contributed by atoms with Crippen LogP contribution in [0.2, 0.25) is 0 Å². The molecular weight excluding hydrogens is 911 g/mol. The highest BCUT2D eigenvalue weighted by Crippen LogP contribution is 2.45. The van der Waals surface area contributed by atoms with Crippen molar-refractivity contribution in [1.29, 1.82) is 0 Å². The third-order valence-corrected chi connectivity index (χ3v) is 12.9. The summed E-state index contributed by atoms with van der Waals surface area (Å²) < 4.78 is 13.9. The molecule has 0 saturated heterocycles. The molecular formula is C59H101N11O3. The Morgan fingerprint density at radius 2 is 1.70 bits per heavy atom. The number of likely N-dealkylation sites (N-methyl/N-ethyl adjacent to an activating group) is 1. The SMILES string of the molecule is C=C.C=CNCCN(CC1(N(C)C(C(=C)N)C(C)C)CC1)C(=O)C=C.C=COCC(C)(C)Cc1c(-c2cccnc2C(C)OC)n(CC)c2ccc(/C(=C/C)N=C(C)CCCCCCNNC)cc12.CN.CN. The number of amides is 1. The van der Waals surface area contributed by atoms with Crippen molar-refractivity contribution >= 4 is 28.2 Å². The maximum absolute atomic E-state index is 12.2. The summed E-state index contributed by atoms with van der Waals surface area (Å²) in [6.07, 6.45) is 17.2. The van der Waals surface area contributed by atoms with Crippen LogP contribution in [0.25, 0.3) is 27.9 Å². The van der Waals surface area contributed by atoms with Gasteiger partial charge in [-0.05, 0) is 142 Å². The first kappa shape index (κ1) is 67.6. The molecule has 1 fully saturated rings. The average Bonchev–Trinajstić information content (AvgIpc) is 4.13. The van der Waals surface area contributed by atoms with Gasteiger partial charge >= 0.3 is 0 Å². The zero-order valence-corrected chi connectivity index (χ0v) is 47.8. The Kier molecular flexibility index (Phi) is 33.9. The number of aromatic nitrogens is 2. The highest BCUT2D eigenvalue weighted by Gasteiger charge is 2.50. The number of allylic oxidation sites excluding steroid dienone is 1. The van der Waals surface area contributed by atoms with E-state index in [0.29, 0.717) is 37.9 Å². The van der Waals surface area contributed by atoms with Gasteiger partial charge in [0.1, 0.15) is 0 Å². The van der Waals surface area contributed by atoms with Gasteiger partial charge in [-0.15, -0.1) is 13.2 Å². The number of carbonyl (C=O) groups is 1. The first-order valence-electron chi connectivity index (χ1n) is 26.0. The molecule has 0 spiro atoms. The molecule has 3 aromatic rings. The van der Waals surface area contributed by atoms with Crippen molar-refractivity contribution in [3.63, 3.8) is 0 Å². The second kappa shape index (κ2) is 36.6. The summed E-state index contributed by atoms with van der Waals surface area (Å²) in [7, 11) is 8.75. The molecule has 1 aliphatic rings. The number of unbranched alkanes of at least 4 members (excludes halogenated alkanes) is 3. The summed E-state index contributed by atoms with van der Waals surface area (Å²) in [5.74, 6) is 0.337. The number of carbonyl (C=O) groups excluding carboxylic acids is 1. The van der Waals surface area contributed by atoms with Crippen LogP contribution < -0.4 is 33.4 Å². The first-order valence-corrected chi connectivity index (χ1v) is 26.0. The van der Waals surface area contributed by atoms with Gasteiger partial charge in [0, 0.05) is 90.4 Å². The molecule has 0 aliphatic heterocycles. The standard InChI is InChI=1S/C37H55N5O2.C18H32N4O.C2H4.2CH5N/c1-10-33(41-27(4)18-15-13-14-16-23-40-38-8)29-20-21-34-31(24-29)32(25-37(6,7)26-44-12-3)36(42(34)11-2)30-19-17-22-39-35(30)28(5)43-9;1-7-16(23)22(12-11-20-8-2)13-18(9-10-18)21(6)17(14(3)4)15(5)19;3*1-2/h10,12,17,19-22,24,28,38,40H,3,11,13-16,18,23,25-26H2,1-2,4-9H3;7-8,14,17,20H,1-2,5,9-13,19H2,3-4,6H3;1-2H2;2*2H2,1H3/b33-10-,41-27?;;;;. The van der Waals surface area contributed by atoms with E-state index in [-0.39, 0.29) is 29.0 Å². The van der Waals surface area contributed by atoms with Crippen LogP contribution in [0.1, 0.15) is 123 Å². The van der Waals surface area contributed by atoms with E-state index in [1.54, 1.807) is 13.3 Å². The molecule has 1 aromatic carbocycles. The highest BCUT2D eigenvalue weighted by atomic mass is 16.5. The highest BCUT2D eigenvalue weighted by molar-refractivity contribution is 5.96. The lowest BCUT2D eigenvalue weighted by atomic mass is 9.84. The number of benzene rings is 1. The fourth-order valence-corrected chi connectivity index (χ4v) is 9.14. The van der Waals surface area contributed by atoms with Gasteiger partial charge in [0.15, 0.2) is 0 Å². The van der Waals surface area contributed by atoms with Gasteiger partial charge < -0.3 is 41.5 Å². The van der Waals surface area contributed by atoms with Crippen LogP contribution in [0.5, 0.6) is 0 Å². The number of ether oxygens (including phenoxy) is 2. The molecule has 14 heteroatoms. The number of nitrogens with one attached hydrogen (secondary N) is 3. The third kappa shape index (κ3) is 21.2. The second-order valence-corrected chi connectivity index (χ2v) is 19.0. The summed E-state index contributed by atoms with van der Waals surface area (Å²) >= 11 is 0. The van der Waals surface area contributed by atoms with E-state index in [1.807, 2.05) is 24.2 Å². The van der Waals surface area contributed by atoms with Crippen molar-refractivity contribution in [2.45, 2.75) is 131 Å². The predicted molar refractivity (Wildman–Crippen MR) is 315 cm³/mol. The minimum atomic E-state index is -0.132. The summed E-state index contributed by atoms with van der Waals surface area (Å²) in [6.45, 7) is 42.7. The number of pyridine rings is 1. The number of nitrogens with two attached hydrogens (primary N) is 3. The van der Waals surface area contributed by atoms with Gasteiger partial charge in [-0.2, -0.15) is 0 Å². The molecule has 1 amide bonds. The fraction of sp³-hybridized carbons (Fsp3) is 0.542. The maximum atomic E-state index is 12.2. The number of methoxy groups -OCH3 is 1. The first-order chi connectivity index (χ1) is 35.0. The minimum Gasteiger partial charge on any atom is -0.501 e. The van der Waals surface area contributed by atoms with Crippen LogP contribution in [0.4, 0.5) is 0 Å². The van der Waals surface area contributed by atoms with Gasteiger partial charge in [-0.3, -0.25) is 30.5 Å². The number of hydrazine groups is 1. The molecule has 2 aromatic heterocycles. The molecule has 73 heavy (non-hydrogen) atoms. The Bertz CT molecular complexity index is 2150. The van der Waals surface area contributed by atoms with Crippen molar-refractivity contribution in [3.8, 4) is 11.3 Å². The number of aryl methyl sites for hydroxylation is 1. The second-order valence-electron chi connectivity index (χ2n) is 19.0. The van der Waals surface area contributed by atoms with E-state index in [4.69, 9.17) is 25.2 Å². The van der Waals surface area contributed by atoms with E-state index in [9.17, 15) is 4.79 Å². The van der Waals surface area contributed by atoms with E-state index < -0.39 is 0 Å². The Labute approximate surface area is 443 Å². The van der Waals surface area contributed by atoms with Crippen LogP contribution in [-0.2, 0) is 27.2 Å². The van der Waals surface area contributed by atoms with Gasteiger partial charge in [0.25, 0.3) is 0 Å². The van der Waals surface area contributed by atoms with Crippen molar-refractivity contribution < 1.29 is 14.3 Å². The molecule has 0 radical (unpaired) electrons. The van der Waals surface area contributed by atoms with Crippen molar-refractivity contribution in [1.82, 2.24) is 35.5 Å². The molecule has 2 unspecified atom stereocenters. The zero-order valence-electron chi connectivity index (χ0n) is 47.8. The predicted octanol–water partition coefficient (Wildman–Crippen LogP) is 10.3. The molecule has 14 nitrogen and oxygen atoms in total. The zero-order chi connectivity index (χ0) is 55.7. The molecule has 1 aliphatic carbocycles. The Hall–Kier alpha value is -5.35. The number of nitrogens with zero attached hydrogens (tertiary/aromatic N) is 5. The Balaban J connectivity index is 0.00000150. The minimum absolute atomic E-state index is 0.00983. The molecule has 2 atom stereocenters. The summed E-state index contributed by atoms with van der Waals surface area (Å²) in [5, 5.41) is 4.28. The monoisotopic (exact) mass is 1010 g/mol. The van der Waals surface area contributed by atoms with Crippen LogP contribution in [0.3, 0.4) is 0 Å². The van der Waals surface area contributed by atoms with Crippen molar-refractivity contribution in [2.24, 2.45) is 33.5 Å². The lowest BCUT2D eigenvalue weighted by molar-refractivity contribution is -0.127. The number of fused-ring (bicyclic) bond motifs is 1. The Morgan fingerprint density at radius 1 is 1.04 bits per heavy atom. The molecule has 410 valence electrons. The average molecular weight is 1010 g/mol. The lowest BCUT2D eigenvalue weighted by Crippen LogP contribution is -2.53. The topological polar surface area (TPSA) is 186 Å². The van der Waals surface area contributed by atoms with Crippen molar-refractivity contribution in [3.05, 3.63) is 123 Å². The molecule has 0 bridgehead atoms.